The second kappa shape index (κ2) is 3.53. The molecular weight excluding hydrogens is 211 g/mol. The van der Waals surface area contributed by atoms with E-state index in [1.165, 1.54) is 24.5 Å². The third-order valence-corrected chi connectivity index (χ3v) is 1.72. The minimum absolute atomic E-state index is 0.298. The van der Waals surface area contributed by atoms with E-state index in [1.54, 1.807) is 0 Å². The Bertz CT molecular complexity index is 273. The molecule has 1 nitrogen and oxygen atoms in total. The number of hydrogen-bond acceptors (Lipinski definition) is 1. The van der Waals surface area contributed by atoms with Gasteiger partial charge >= 0.3 is 0 Å². The molecule has 0 spiro atoms. The van der Waals surface area contributed by atoms with Crippen molar-refractivity contribution in [3.63, 3.8) is 0 Å². The van der Waals surface area contributed by atoms with Crippen LogP contribution in [0.4, 0.5) is 4.39 Å². The van der Waals surface area contributed by atoms with Crippen molar-refractivity contribution < 1.29 is 9.13 Å². The largest absolute Gasteiger partial charge is 0.464 e. The van der Waals surface area contributed by atoms with E-state index in [2.05, 4.69) is 22.5 Å². The summed E-state index contributed by atoms with van der Waals surface area (Å²) in [5, 5.41) is 0. The maximum absolute atomic E-state index is 12.5. The molecule has 0 N–H and O–H groups in total. The maximum Gasteiger partial charge on any atom is 0.140 e. The fourth-order valence-corrected chi connectivity index (χ4v) is 1.10. The average Bonchev–Trinajstić information content (AvgIpc) is 1.95. The molecule has 0 aliphatic heterocycles. The molecule has 0 amide bonds. The Kier molecular flexibility index (Phi) is 2.65. The summed E-state index contributed by atoms with van der Waals surface area (Å²) in [5.41, 5.74) is 0. The van der Waals surface area contributed by atoms with Gasteiger partial charge in [-0.2, -0.15) is 0 Å². The highest BCUT2D eigenvalue weighted by Crippen LogP contribution is 2.25. The van der Waals surface area contributed by atoms with Crippen molar-refractivity contribution in [2.75, 3.05) is 0 Å². The summed E-state index contributed by atoms with van der Waals surface area (Å²) >= 11 is 3.14. The summed E-state index contributed by atoms with van der Waals surface area (Å²) in [7, 11) is 0. The van der Waals surface area contributed by atoms with Crippen LogP contribution in [0.15, 0.2) is 35.5 Å². The van der Waals surface area contributed by atoms with Crippen LogP contribution in [0.3, 0.4) is 0 Å². The van der Waals surface area contributed by atoms with Crippen LogP contribution in [0.1, 0.15) is 0 Å². The highest BCUT2D eigenvalue weighted by molar-refractivity contribution is 9.10. The lowest BCUT2D eigenvalue weighted by molar-refractivity contribution is 0.478. The molecule has 0 aromatic heterocycles. The summed E-state index contributed by atoms with van der Waals surface area (Å²) in [6.07, 6.45) is 1.29. The van der Waals surface area contributed by atoms with Gasteiger partial charge in [0.05, 0.1) is 10.7 Å². The minimum atomic E-state index is -0.298. The molecule has 0 radical (unpaired) electrons. The van der Waals surface area contributed by atoms with Gasteiger partial charge in [-0.3, -0.25) is 0 Å². The van der Waals surface area contributed by atoms with Gasteiger partial charge in [0.25, 0.3) is 0 Å². The number of rotatable bonds is 2. The predicted octanol–water partition coefficient (Wildman–Crippen LogP) is 3.11. The van der Waals surface area contributed by atoms with Crippen molar-refractivity contribution in [1.29, 1.82) is 0 Å². The van der Waals surface area contributed by atoms with Crippen molar-refractivity contribution in [3.05, 3.63) is 41.3 Å². The van der Waals surface area contributed by atoms with Crippen LogP contribution in [-0.2, 0) is 0 Å². The van der Waals surface area contributed by atoms with Crippen molar-refractivity contribution in [2.24, 2.45) is 0 Å². The van der Waals surface area contributed by atoms with Crippen molar-refractivity contribution in [2.45, 2.75) is 0 Å². The molecule has 0 unspecified atom stereocenters. The predicted molar refractivity (Wildman–Crippen MR) is 44.9 cm³/mol. The Hall–Kier alpha value is -0.830. The zero-order valence-electron chi connectivity index (χ0n) is 5.68. The molecule has 0 aliphatic rings. The molecule has 0 bridgehead atoms. The number of ether oxygens (including phenoxy) is 1. The standard InChI is InChI=1S/C8H6BrFO/c1-2-11-8-4-3-6(10)5-7(8)9/h2-5H,1H2. The molecule has 11 heavy (non-hydrogen) atoms. The van der Waals surface area contributed by atoms with Crippen LogP contribution in [-0.4, -0.2) is 0 Å². The zero-order chi connectivity index (χ0) is 8.27. The summed E-state index contributed by atoms with van der Waals surface area (Å²) in [5.74, 6) is 0.259. The van der Waals surface area contributed by atoms with Gasteiger partial charge < -0.3 is 4.74 Å². The number of benzene rings is 1. The van der Waals surface area contributed by atoms with Crippen molar-refractivity contribution in [3.8, 4) is 5.75 Å². The van der Waals surface area contributed by atoms with Crippen LogP contribution >= 0.6 is 15.9 Å². The Morgan fingerprint density at radius 2 is 2.27 bits per heavy atom. The number of hydrogen-bond donors (Lipinski definition) is 0. The van der Waals surface area contributed by atoms with E-state index in [9.17, 15) is 4.39 Å². The summed E-state index contributed by atoms with van der Waals surface area (Å²) in [6.45, 7) is 3.38. The lowest BCUT2D eigenvalue weighted by atomic mass is 10.3. The van der Waals surface area contributed by atoms with Gasteiger partial charge in [0, 0.05) is 0 Å². The Labute approximate surface area is 72.6 Å². The molecule has 1 aromatic carbocycles. The Morgan fingerprint density at radius 3 is 2.82 bits per heavy atom. The molecule has 0 atom stereocenters. The van der Waals surface area contributed by atoms with Gasteiger partial charge in [0.1, 0.15) is 11.6 Å². The lowest BCUT2D eigenvalue weighted by Gasteiger charge is -2.01. The SMILES string of the molecule is C=COc1ccc(F)cc1Br. The van der Waals surface area contributed by atoms with Gasteiger partial charge in [0.15, 0.2) is 0 Å². The van der Waals surface area contributed by atoms with E-state index < -0.39 is 0 Å². The molecule has 1 rings (SSSR count). The third kappa shape index (κ3) is 2.05. The second-order valence-electron chi connectivity index (χ2n) is 1.86. The lowest BCUT2D eigenvalue weighted by Crippen LogP contribution is -1.83. The van der Waals surface area contributed by atoms with Crippen LogP contribution in [0, 0.1) is 5.82 Å². The molecular formula is C8H6BrFO. The van der Waals surface area contributed by atoms with Gasteiger partial charge in [-0.15, -0.1) is 0 Å². The normalized spacial score (nSPS) is 9.27. The zero-order valence-corrected chi connectivity index (χ0v) is 7.27. The van der Waals surface area contributed by atoms with E-state index in [0.717, 1.165) is 0 Å². The molecule has 58 valence electrons. The number of halogens is 2. The Morgan fingerprint density at radius 1 is 1.55 bits per heavy atom. The van der Waals surface area contributed by atoms with Crippen LogP contribution in [0.5, 0.6) is 5.75 Å². The van der Waals surface area contributed by atoms with Crippen LogP contribution < -0.4 is 4.74 Å². The average molecular weight is 217 g/mol. The van der Waals surface area contributed by atoms with E-state index in [1.807, 2.05) is 0 Å². The molecule has 0 heterocycles. The Balaban J connectivity index is 2.98. The second-order valence-corrected chi connectivity index (χ2v) is 2.71. The molecule has 3 heteroatoms. The fourth-order valence-electron chi connectivity index (χ4n) is 0.661. The van der Waals surface area contributed by atoms with Crippen molar-refractivity contribution in [1.82, 2.24) is 0 Å². The first-order chi connectivity index (χ1) is 5.24. The van der Waals surface area contributed by atoms with Gasteiger partial charge in [0.2, 0.25) is 0 Å². The van der Waals surface area contributed by atoms with E-state index in [4.69, 9.17) is 4.74 Å². The van der Waals surface area contributed by atoms with Gasteiger partial charge in [-0.05, 0) is 34.1 Å². The first-order valence-corrected chi connectivity index (χ1v) is 3.76. The van der Waals surface area contributed by atoms with Crippen LogP contribution in [0.25, 0.3) is 0 Å². The van der Waals surface area contributed by atoms with E-state index in [0.29, 0.717) is 10.2 Å². The van der Waals surface area contributed by atoms with Crippen LogP contribution in [0.2, 0.25) is 0 Å². The summed E-state index contributed by atoms with van der Waals surface area (Å²) in [4.78, 5) is 0. The topological polar surface area (TPSA) is 9.23 Å². The maximum atomic E-state index is 12.5. The van der Waals surface area contributed by atoms with E-state index >= 15 is 0 Å². The molecule has 0 saturated heterocycles. The van der Waals surface area contributed by atoms with E-state index in [-0.39, 0.29) is 5.82 Å². The third-order valence-electron chi connectivity index (χ3n) is 1.10. The quantitative estimate of drug-likeness (QED) is 0.691. The highest BCUT2D eigenvalue weighted by atomic mass is 79.9. The highest BCUT2D eigenvalue weighted by Gasteiger charge is 1.99. The summed E-state index contributed by atoms with van der Waals surface area (Å²) < 4.78 is 18.0. The minimum Gasteiger partial charge on any atom is -0.464 e. The van der Waals surface area contributed by atoms with Gasteiger partial charge in [-0.1, -0.05) is 6.58 Å². The van der Waals surface area contributed by atoms with Crippen molar-refractivity contribution >= 4 is 15.9 Å². The first kappa shape index (κ1) is 8.27. The van der Waals surface area contributed by atoms with Gasteiger partial charge in [-0.25, -0.2) is 4.39 Å². The fraction of sp³-hybridized carbons (Fsp3) is 0. The first-order valence-electron chi connectivity index (χ1n) is 2.96. The smallest absolute Gasteiger partial charge is 0.140 e. The molecule has 0 saturated carbocycles. The molecule has 0 aliphatic carbocycles. The summed E-state index contributed by atoms with van der Waals surface area (Å²) in [6, 6.07) is 4.18. The molecule has 0 fully saturated rings. The molecule has 1 aromatic rings. The monoisotopic (exact) mass is 216 g/mol.